The Morgan fingerprint density at radius 1 is 1.21 bits per heavy atom. The van der Waals surface area contributed by atoms with E-state index in [1.54, 1.807) is 18.5 Å². The molecule has 0 unspecified atom stereocenters. The fraction of sp³-hybridized carbons (Fsp3) is 0.200. The van der Waals surface area contributed by atoms with Crippen molar-refractivity contribution in [1.82, 2.24) is 19.5 Å². The average Bonchev–Trinajstić information content (AvgIpc) is 3.05. The second kappa shape index (κ2) is 5.70. The van der Waals surface area contributed by atoms with Crippen molar-refractivity contribution < 1.29 is 8.42 Å². The monoisotopic (exact) mass is 382 g/mol. The number of nitrogens with zero attached hydrogens (tertiary/aromatic N) is 3. The third-order valence-corrected chi connectivity index (χ3v) is 6.71. The van der Waals surface area contributed by atoms with Crippen molar-refractivity contribution in [2.45, 2.75) is 17.9 Å². The highest BCUT2D eigenvalue weighted by Gasteiger charge is 2.31. The number of sulfonamides is 1. The van der Waals surface area contributed by atoms with Crippen LogP contribution in [0.5, 0.6) is 0 Å². The van der Waals surface area contributed by atoms with Crippen LogP contribution in [-0.4, -0.2) is 34.4 Å². The Hall–Kier alpha value is -1.67. The van der Waals surface area contributed by atoms with E-state index >= 15 is 0 Å². The first-order valence-electron chi connectivity index (χ1n) is 7.22. The quantitative estimate of drug-likeness (QED) is 0.738. The molecule has 4 rings (SSSR count). The lowest BCUT2D eigenvalue weighted by atomic mass is 10.0. The van der Waals surface area contributed by atoms with Gasteiger partial charge in [-0.1, -0.05) is 23.2 Å². The number of benzene rings is 1. The van der Waals surface area contributed by atoms with Gasteiger partial charge < -0.3 is 0 Å². The van der Waals surface area contributed by atoms with E-state index in [0.717, 1.165) is 16.5 Å². The molecule has 1 aliphatic rings. The van der Waals surface area contributed by atoms with Crippen molar-refractivity contribution in [3.8, 4) is 0 Å². The van der Waals surface area contributed by atoms with Gasteiger partial charge in [0.1, 0.15) is 4.90 Å². The van der Waals surface area contributed by atoms with Gasteiger partial charge in [0.05, 0.1) is 11.2 Å². The number of hydrogen-bond donors (Lipinski definition) is 1. The number of rotatable bonds is 2. The number of halogens is 2. The highest BCUT2D eigenvalue weighted by Crippen LogP contribution is 2.32. The predicted molar refractivity (Wildman–Crippen MR) is 91.7 cm³/mol. The topological polar surface area (TPSA) is 79.0 Å². The molecule has 0 bridgehead atoms. The van der Waals surface area contributed by atoms with Crippen molar-refractivity contribution in [2.24, 2.45) is 0 Å². The van der Waals surface area contributed by atoms with Crippen molar-refractivity contribution in [1.29, 1.82) is 0 Å². The highest BCUT2D eigenvalue weighted by atomic mass is 35.5. The van der Waals surface area contributed by atoms with Gasteiger partial charge in [0.25, 0.3) is 0 Å². The van der Waals surface area contributed by atoms with Gasteiger partial charge in [-0.05, 0) is 35.7 Å². The van der Waals surface area contributed by atoms with Crippen molar-refractivity contribution in [3.05, 3.63) is 51.8 Å². The molecule has 0 aliphatic carbocycles. The number of fused-ring (bicyclic) bond motifs is 3. The van der Waals surface area contributed by atoms with Crippen molar-refractivity contribution >= 4 is 44.3 Å². The molecule has 24 heavy (non-hydrogen) atoms. The zero-order chi connectivity index (χ0) is 16.9. The molecular weight excluding hydrogens is 371 g/mol. The van der Waals surface area contributed by atoms with Crippen molar-refractivity contribution in [3.63, 3.8) is 0 Å². The number of nitrogens with one attached hydrogen (secondary N) is 1. The van der Waals surface area contributed by atoms with Crippen LogP contribution in [0, 0.1) is 0 Å². The third kappa shape index (κ3) is 2.48. The largest absolute Gasteiger partial charge is 0.261 e. The van der Waals surface area contributed by atoms with E-state index in [0.29, 0.717) is 23.6 Å². The first kappa shape index (κ1) is 15.8. The van der Waals surface area contributed by atoms with Crippen LogP contribution in [0.1, 0.15) is 11.1 Å². The molecule has 1 aliphatic heterocycles. The Morgan fingerprint density at radius 2 is 2.04 bits per heavy atom. The van der Waals surface area contributed by atoms with Crippen LogP contribution in [0.2, 0.25) is 10.0 Å². The van der Waals surface area contributed by atoms with E-state index in [2.05, 4.69) is 15.2 Å². The number of pyridine rings is 1. The van der Waals surface area contributed by atoms with E-state index in [1.165, 1.54) is 16.4 Å². The molecule has 0 radical (unpaired) electrons. The molecule has 0 fully saturated rings. The van der Waals surface area contributed by atoms with Gasteiger partial charge in [-0.25, -0.2) is 13.4 Å². The van der Waals surface area contributed by atoms with Crippen molar-refractivity contribution in [2.75, 3.05) is 6.54 Å². The minimum absolute atomic E-state index is 0.0254. The second-order valence-corrected chi connectivity index (χ2v) is 8.31. The zero-order valence-electron chi connectivity index (χ0n) is 12.3. The predicted octanol–water partition coefficient (Wildman–Crippen LogP) is 3.01. The summed E-state index contributed by atoms with van der Waals surface area (Å²) in [5, 5.41) is 8.25. The fourth-order valence-electron chi connectivity index (χ4n) is 2.95. The van der Waals surface area contributed by atoms with E-state index in [1.807, 2.05) is 0 Å². The van der Waals surface area contributed by atoms with Gasteiger partial charge in [-0.3, -0.25) is 5.10 Å². The summed E-state index contributed by atoms with van der Waals surface area (Å²) in [6, 6.07) is 4.44. The third-order valence-electron chi connectivity index (χ3n) is 4.15. The van der Waals surface area contributed by atoms with Crippen LogP contribution in [0.25, 0.3) is 11.0 Å². The summed E-state index contributed by atoms with van der Waals surface area (Å²) in [6.45, 7) is 0.608. The van der Waals surface area contributed by atoms with Crippen LogP contribution in [0.4, 0.5) is 0 Å². The van der Waals surface area contributed by atoms with E-state index in [9.17, 15) is 8.42 Å². The molecule has 0 spiro atoms. The first-order chi connectivity index (χ1) is 11.5. The molecule has 124 valence electrons. The minimum atomic E-state index is -3.73. The summed E-state index contributed by atoms with van der Waals surface area (Å²) in [4.78, 5) is 4.31. The Balaban J connectivity index is 1.75. The number of aromatic amines is 1. The van der Waals surface area contributed by atoms with Gasteiger partial charge in [-0.2, -0.15) is 9.40 Å². The van der Waals surface area contributed by atoms with Crippen LogP contribution < -0.4 is 0 Å². The smallest absolute Gasteiger partial charge is 0.244 e. The Bertz CT molecular complexity index is 1050. The Morgan fingerprint density at radius 3 is 2.88 bits per heavy atom. The number of hydrogen-bond acceptors (Lipinski definition) is 4. The summed E-state index contributed by atoms with van der Waals surface area (Å²) in [7, 11) is -3.73. The molecule has 1 N–H and O–H groups in total. The average molecular weight is 383 g/mol. The molecule has 0 atom stereocenters. The maximum absolute atomic E-state index is 12.9. The fourth-order valence-corrected chi connectivity index (χ4v) is 5.10. The summed E-state index contributed by atoms with van der Waals surface area (Å²) in [5.74, 6) is 0. The molecule has 0 amide bonds. The van der Waals surface area contributed by atoms with E-state index < -0.39 is 10.0 Å². The first-order valence-corrected chi connectivity index (χ1v) is 9.41. The molecule has 6 nitrogen and oxygen atoms in total. The number of H-pyrrole nitrogens is 1. The molecular formula is C15H12Cl2N4O2S. The maximum atomic E-state index is 12.9. The standard InChI is InChI=1S/C15H12Cl2N4O2S/c16-10-1-2-13(17)14(5-10)24(22,23)21-4-3-11-9(8-21)6-18-15-12(11)7-19-20-15/h1-2,5-7H,3-4,8H2,(H,18,19,20). The molecule has 9 heteroatoms. The number of aromatic nitrogens is 3. The Labute approximate surface area is 148 Å². The lowest BCUT2D eigenvalue weighted by Gasteiger charge is -2.28. The molecule has 0 saturated carbocycles. The minimum Gasteiger partial charge on any atom is -0.261 e. The zero-order valence-corrected chi connectivity index (χ0v) is 14.7. The molecule has 3 heterocycles. The SMILES string of the molecule is O=S(=O)(c1cc(Cl)ccc1Cl)N1CCc2c(cnc3[nH]ncc23)C1. The van der Waals surface area contributed by atoms with Gasteiger partial charge in [0.15, 0.2) is 5.65 Å². The maximum Gasteiger partial charge on any atom is 0.244 e. The van der Waals surface area contributed by atoms with Gasteiger partial charge in [-0.15, -0.1) is 0 Å². The lowest BCUT2D eigenvalue weighted by molar-refractivity contribution is 0.392. The molecule has 0 saturated heterocycles. The van der Waals surface area contributed by atoms with Crippen LogP contribution in [-0.2, 0) is 23.0 Å². The summed E-state index contributed by atoms with van der Waals surface area (Å²) in [5.41, 5.74) is 2.66. The highest BCUT2D eigenvalue weighted by molar-refractivity contribution is 7.89. The molecule has 1 aromatic carbocycles. The lowest BCUT2D eigenvalue weighted by Crippen LogP contribution is -2.36. The second-order valence-electron chi connectivity index (χ2n) is 5.56. The Kier molecular flexibility index (Phi) is 3.76. The molecule has 2 aromatic heterocycles. The van der Waals surface area contributed by atoms with Gasteiger partial charge in [0.2, 0.25) is 10.0 Å². The molecule has 3 aromatic rings. The van der Waals surface area contributed by atoms with Crippen LogP contribution in [0.3, 0.4) is 0 Å². The summed E-state index contributed by atoms with van der Waals surface area (Å²) < 4.78 is 27.3. The van der Waals surface area contributed by atoms with Crippen LogP contribution in [0.15, 0.2) is 35.5 Å². The van der Waals surface area contributed by atoms with E-state index in [4.69, 9.17) is 23.2 Å². The van der Waals surface area contributed by atoms with E-state index in [-0.39, 0.29) is 16.5 Å². The van der Waals surface area contributed by atoms with Gasteiger partial charge >= 0.3 is 0 Å². The van der Waals surface area contributed by atoms with Gasteiger partial charge in [0, 0.05) is 29.7 Å². The van der Waals surface area contributed by atoms with Crippen LogP contribution >= 0.6 is 23.2 Å². The summed E-state index contributed by atoms with van der Waals surface area (Å²) >= 11 is 12.0. The normalized spacial score (nSPS) is 15.6. The summed E-state index contributed by atoms with van der Waals surface area (Å²) in [6.07, 6.45) is 4.00.